The SMILES string of the molecule is CN1C(=O)COc2ccc(NC(=O)[C@H]3[C@H](C(=O)O)C3(C)C)cc21. The number of amides is 2. The Morgan fingerprint density at radius 2 is 2.04 bits per heavy atom. The molecule has 7 nitrogen and oxygen atoms in total. The van der Waals surface area contributed by atoms with E-state index < -0.39 is 23.2 Å². The van der Waals surface area contributed by atoms with Gasteiger partial charge in [-0.15, -0.1) is 0 Å². The number of hydrogen-bond donors (Lipinski definition) is 2. The van der Waals surface area contributed by atoms with Gasteiger partial charge < -0.3 is 20.1 Å². The van der Waals surface area contributed by atoms with Crippen LogP contribution in [-0.4, -0.2) is 36.5 Å². The molecule has 7 heteroatoms. The summed E-state index contributed by atoms with van der Waals surface area (Å²) in [7, 11) is 1.64. The quantitative estimate of drug-likeness (QED) is 0.876. The summed E-state index contributed by atoms with van der Waals surface area (Å²) in [4.78, 5) is 36.6. The van der Waals surface area contributed by atoms with Crippen LogP contribution in [-0.2, 0) is 14.4 Å². The summed E-state index contributed by atoms with van der Waals surface area (Å²) in [6, 6.07) is 5.00. The van der Waals surface area contributed by atoms with Gasteiger partial charge in [-0.05, 0) is 23.6 Å². The van der Waals surface area contributed by atoms with Crippen LogP contribution in [0.25, 0.3) is 0 Å². The van der Waals surface area contributed by atoms with Crippen molar-refractivity contribution < 1.29 is 24.2 Å². The van der Waals surface area contributed by atoms with Crippen LogP contribution in [0.3, 0.4) is 0 Å². The number of hydrogen-bond acceptors (Lipinski definition) is 4. The molecule has 1 aromatic rings. The maximum absolute atomic E-state index is 12.3. The zero-order chi connectivity index (χ0) is 16.9. The summed E-state index contributed by atoms with van der Waals surface area (Å²) >= 11 is 0. The maximum Gasteiger partial charge on any atom is 0.307 e. The van der Waals surface area contributed by atoms with Crippen LogP contribution in [0.15, 0.2) is 18.2 Å². The highest BCUT2D eigenvalue weighted by Crippen LogP contribution is 2.58. The van der Waals surface area contributed by atoms with Crippen molar-refractivity contribution in [1.29, 1.82) is 0 Å². The largest absolute Gasteiger partial charge is 0.482 e. The van der Waals surface area contributed by atoms with Crippen LogP contribution in [0.2, 0.25) is 0 Å². The summed E-state index contributed by atoms with van der Waals surface area (Å²) < 4.78 is 5.33. The van der Waals surface area contributed by atoms with E-state index in [1.54, 1.807) is 39.1 Å². The highest BCUT2D eigenvalue weighted by atomic mass is 16.5. The molecular formula is C16H18N2O5. The van der Waals surface area contributed by atoms with Crippen molar-refractivity contribution >= 4 is 29.2 Å². The molecule has 1 saturated carbocycles. The Bertz CT molecular complexity index is 712. The van der Waals surface area contributed by atoms with Crippen molar-refractivity contribution in [3.63, 3.8) is 0 Å². The lowest BCUT2D eigenvalue weighted by Gasteiger charge is -2.26. The number of carboxylic acids is 1. The molecule has 0 radical (unpaired) electrons. The zero-order valence-corrected chi connectivity index (χ0v) is 13.1. The number of carbonyl (C=O) groups excluding carboxylic acids is 2. The Labute approximate surface area is 133 Å². The third-order valence-corrected chi connectivity index (χ3v) is 4.69. The van der Waals surface area contributed by atoms with Gasteiger partial charge in [0.15, 0.2) is 6.61 Å². The molecule has 23 heavy (non-hydrogen) atoms. The minimum atomic E-state index is -0.959. The molecule has 2 N–H and O–H groups in total. The second-order valence-electron chi connectivity index (χ2n) is 6.53. The number of nitrogens with one attached hydrogen (secondary N) is 1. The number of anilines is 2. The van der Waals surface area contributed by atoms with E-state index >= 15 is 0 Å². The number of rotatable bonds is 3. The zero-order valence-electron chi connectivity index (χ0n) is 13.1. The number of likely N-dealkylation sites (N-methyl/N-ethyl adjacent to an activating group) is 1. The Morgan fingerprint density at radius 1 is 1.35 bits per heavy atom. The molecule has 2 amide bonds. The summed E-state index contributed by atoms with van der Waals surface area (Å²) in [6.45, 7) is 3.53. The van der Waals surface area contributed by atoms with Crippen LogP contribution in [0.4, 0.5) is 11.4 Å². The van der Waals surface area contributed by atoms with E-state index in [1.807, 2.05) is 0 Å². The first kappa shape index (κ1) is 15.3. The summed E-state index contributed by atoms with van der Waals surface area (Å²) in [5.41, 5.74) is 0.523. The van der Waals surface area contributed by atoms with Gasteiger partial charge in [-0.3, -0.25) is 14.4 Å². The topological polar surface area (TPSA) is 95.9 Å². The normalized spacial score (nSPS) is 24.5. The standard InChI is InChI=1S/C16H18N2O5/c1-16(2)12(13(16)15(21)22)14(20)17-8-4-5-10-9(6-8)18(3)11(19)7-23-10/h4-6,12-13H,7H2,1-3H3,(H,17,20)(H,21,22)/t12-,13-/m1/s1. The lowest BCUT2D eigenvalue weighted by atomic mass is 10.1. The van der Waals surface area contributed by atoms with Crippen LogP contribution in [0.1, 0.15) is 13.8 Å². The fourth-order valence-electron chi connectivity index (χ4n) is 3.16. The molecule has 0 bridgehead atoms. The van der Waals surface area contributed by atoms with Crippen molar-refractivity contribution in [2.24, 2.45) is 17.3 Å². The molecule has 1 aliphatic heterocycles. The minimum Gasteiger partial charge on any atom is -0.482 e. The van der Waals surface area contributed by atoms with Gasteiger partial charge in [-0.1, -0.05) is 13.8 Å². The van der Waals surface area contributed by atoms with E-state index in [0.717, 1.165) is 0 Å². The number of nitrogens with zero attached hydrogens (tertiary/aromatic N) is 1. The monoisotopic (exact) mass is 318 g/mol. The third kappa shape index (κ3) is 2.42. The molecule has 1 heterocycles. The predicted octanol–water partition coefficient (Wildman–Crippen LogP) is 1.34. The summed E-state index contributed by atoms with van der Waals surface area (Å²) in [5, 5.41) is 11.9. The number of fused-ring (bicyclic) bond motifs is 1. The fraction of sp³-hybridized carbons (Fsp3) is 0.438. The first-order valence-corrected chi connectivity index (χ1v) is 7.30. The molecule has 2 atom stereocenters. The average Bonchev–Trinajstić information content (AvgIpc) is 3.06. The summed E-state index contributed by atoms with van der Waals surface area (Å²) in [6.07, 6.45) is 0. The second-order valence-corrected chi connectivity index (χ2v) is 6.53. The van der Waals surface area contributed by atoms with Crippen molar-refractivity contribution in [3.8, 4) is 5.75 Å². The van der Waals surface area contributed by atoms with E-state index in [1.165, 1.54) is 4.90 Å². The van der Waals surface area contributed by atoms with Crippen molar-refractivity contribution in [2.75, 3.05) is 23.9 Å². The Kier molecular flexibility index (Phi) is 3.31. The van der Waals surface area contributed by atoms with Crippen LogP contribution in [0.5, 0.6) is 5.75 Å². The molecule has 0 aromatic heterocycles. The van der Waals surface area contributed by atoms with E-state index in [9.17, 15) is 14.4 Å². The summed E-state index contributed by atoms with van der Waals surface area (Å²) in [5.74, 6) is -2.12. The Hall–Kier alpha value is -2.57. The van der Waals surface area contributed by atoms with Gasteiger partial charge in [-0.25, -0.2) is 0 Å². The van der Waals surface area contributed by atoms with E-state index in [4.69, 9.17) is 9.84 Å². The first-order chi connectivity index (χ1) is 10.7. The van der Waals surface area contributed by atoms with Crippen LogP contribution in [0, 0.1) is 17.3 Å². The van der Waals surface area contributed by atoms with Gasteiger partial charge in [0.05, 0.1) is 17.5 Å². The molecule has 1 fully saturated rings. The third-order valence-electron chi connectivity index (χ3n) is 4.69. The van der Waals surface area contributed by atoms with Crippen molar-refractivity contribution in [2.45, 2.75) is 13.8 Å². The van der Waals surface area contributed by atoms with Gasteiger partial charge in [0, 0.05) is 12.7 Å². The fourth-order valence-corrected chi connectivity index (χ4v) is 3.16. The molecule has 1 aliphatic carbocycles. The highest BCUT2D eigenvalue weighted by Gasteiger charge is 2.65. The van der Waals surface area contributed by atoms with Crippen LogP contribution >= 0.6 is 0 Å². The molecule has 0 spiro atoms. The Morgan fingerprint density at radius 3 is 2.65 bits per heavy atom. The molecular weight excluding hydrogens is 300 g/mol. The lowest BCUT2D eigenvalue weighted by molar-refractivity contribution is -0.140. The van der Waals surface area contributed by atoms with Gasteiger partial charge in [-0.2, -0.15) is 0 Å². The first-order valence-electron chi connectivity index (χ1n) is 7.30. The van der Waals surface area contributed by atoms with Crippen molar-refractivity contribution in [1.82, 2.24) is 0 Å². The number of benzene rings is 1. The maximum atomic E-state index is 12.3. The number of ether oxygens (including phenoxy) is 1. The van der Waals surface area contributed by atoms with Gasteiger partial charge >= 0.3 is 5.97 Å². The van der Waals surface area contributed by atoms with Gasteiger partial charge in [0.25, 0.3) is 5.91 Å². The van der Waals surface area contributed by atoms with Gasteiger partial charge in [0.2, 0.25) is 5.91 Å². The second kappa shape index (κ2) is 4.97. The molecule has 122 valence electrons. The number of carbonyl (C=O) groups is 3. The smallest absolute Gasteiger partial charge is 0.307 e. The molecule has 0 saturated heterocycles. The molecule has 0 unspecified atom stereocenters. The van der Waals surface area contributed by atoms with Crippen LogP contribution < -0.4 is 15.0 Å². The van der Waals surface area contributed by atoms with Crippen molar-refractivity contribution in [3.05, 3.63) is 18.2 Å². The minimum absolute atomic E-state index is 0.00817. The molecule has 3 rings (SSSR count). The predicted molar refractivity (Wildman–Crippen MR) is 82.4 cm³/mol. The average molecular weight is 318 g/mol. The molecule has 1 aromatic carbocycles. The lowest BCUT2D eigenvalue weighted by Crippen LogP contribution is -2.35. The van der Waals surface area contributed by atoms with E-state index in [0.29, 0.717) is 17.1 Å². The molecule has 2 aliphatic rings. The highest BCUT2D eigenvalue weighted by molar-refractivity contribution is 6.02. The Balaban J connectivity index is 1.78. The number of aliphatic carboxylic acids is 1. The van der Waals surface area contributed by atoms with E-state index in [2.05, 4.69) is 5.32 Å². The number of carboxylic acid groups (broad SMARTS) is 1. The van der Waals surface area contributed by atoms with Gasteiger partial charge in [0.1, 0.15) is 5.75 Å². The van der Waals surface area contributed by atoms with E-state index in [-0.39, 0.29) is 18.4 Å².